The Hall–Kier alpha value is -2.40. The van der Waals surface area contributed by atoms with E-state index < -0.39 is 0 Å². The van der Waals surface area contributed by atoms with Crippen LogP contribution >= 0.6 is 0 Å². The number of rotatable bonds is 4. The van der Waals surface area contributed by atoms with Crippen molar-refractivity contribution in [3.8, 4) is 0 Å². The molecule has 1 amide bonds. The molecule has 0 spiro atoms. The van der Waals surface area contributed by atoms with Crippen LogP contribution in [0.5, 0.6) is 0 Å². The first kappa shape index (κ1) is 17.0. The Kier molecular flexibility index (Phi) is 4.89. The van der Waals surface area contributed by atoms with Crippen molar-refractivity contribution in [1.29, 1.82) is 0 Å². The third-order valence-electron chi connectivity index (χ3n) is 5.34. The Bertz CT molecular complexity index is 802. The number of amides is 1. The molecule has 4 nitrogen and oxygen atoms in total. The van der Waals surface area contributed by atoms with Gasteiger partial charge in [0.2, 0.25) is 0 Å². The van der Waals surface area contributed by atoms with Crippen LogP contribution in [0.4, 0.5) is 10.1 Å². The van der Waals surface area contributed by atoms with E-state index in [1.54, 1.807) is 12.1 Å². The van der Waals surface area contributed by atoms with Crippen LogP contribution < -0.4 is 15.5 Å². The predicted molar refractivity (Wildman–Crippen MR) is 101 cm³/mol. The molecule has 0 aliphatic carbocycles. The number of nitrogens with one attached hydrogen (secondary N) is 2. The molecule has 1 fully saturated rings. The van der Waals surface area contributed by atoms with Gasteiger partial charge in [0.25, 0.3) is 5.91 Å². The van der Waals surface area contributed by atoms with Gasteiger partial charge in [-0.05, 0) is 55.1 Å². The molecule has 26 heavy (non-hydrogen) atoms. The lowest BCUT2D eigenvalue weighted by Gasteiger charge is -2.27. The van der Waals surface area contributed by atoms with E-state index in [9.17, 15) is 9.18 Å². The Balaban J connectivity index is 1.42. The number of fused-ring (bicyclic) bond motifs is 1. The summed E-state index contributed by atoms with van der Waals surface area (Å²) in [4.78, 5) is 14.5. The lowest BCUT2D eigenvalue weighted by atomic mass is 9.94. The molecule has 1 atom stereocenters. The number of nitrogens with zero attached hydrogens (tertiary/aromatic N) is 1. The topological polar surface area (TPSA) is 44.4 Å². The summed E-state index contributed by atoms with van der Waals surface area (Å²) in [6.45, 7) is 3.16. The minimum atomic E-state index is -0.319. The summed E-state index contributed by atoms with van der Waals surface area (Å²) in [6.07, 6.45) is 3.19. The highest BCUT2D eigenvalue weighted by molar-refractivity contribution is 5.94. The van der Waals surface area contributed by atoms with Gasteiger partial charge in [-0.3, -0.25) is 4.79 Å². The molecule has 1 unspecified atom stereocenters. The normalized spacial score (nSPS) is 19.3. The Morgan fingerprint density at radius 3 is 2.81 bits per heavy atom. The van der Waals surface area contributed by atoms with Crippen molar-refractivity contribution in [2.75, 3.05) is 31.1 Å². The first-order valence-corrected chi connectivity index (χ1v) is 9.36. The van der Waals surface area contributed by atoms with Crippen molar-refractivity contribution in [3.63, 3.8) is 0 Å². The lowest BCUT2D eigenvalue weighted by Crippen LogP contribution is -2.38. The van der Waals surface area contributed by atoms with Crippen LogP contribution in [0, 0.1) is 5.82 Å². The lowest BCUT2D eigenvalue weighted by molar-refractivity contribution is 0.0948. The second-order valence-electron chi connectivity index (χ2n) is 7.03. The van der Waals surface area contributed by atoms with Crippen molar-refractivity contribution >= 4 is 11.6 Å². The molecule has 0 bridgehead atoms. The van der Waals surface area contributed by atoms with E-state index in [0.29, 0.717) is 17.8 Å². The SMILES string of the molecule is O=C(NCC1NCCc2ccccc21)c1ccc(N2CCCC2)c(F)c1. The highest BCUT2D eigenvalue weighted by atomic mass is 19.1. The minimum absolute atomic E-state index is 0.0950. The standard InChI is InChI=1S/C21H24FN3O/c22-18-13-16(7-8-20(18)25-11-3-4-12-25)21(26)24-14-19-17-6-2-1-5-15(17)9-10-23-19/h1-2,5-8,13,19,23H,3-4,9-12,14H2,(H,24,26). The van der Waals surface area contributed by atoms with Crippen molar-refractivity contribution in [1.82, 2.24) is 10.6 Å². The maximum atomic E-state index is 14.4. The van der Waals surface area contributed by atoms with E-state index >= 15 is 0 Å². The zero-order valence-electron chi connectivity index (χ0n) is 14.8. The number of halogens is 1. The molecule has 2 aliphatic heterocycles. The summed E-state index contributed by atoms with van der Waals surface area (Å²) in [5.74, 6) is -0.553. The predicted octanol–water partition coefficient (Wildman–Crippen LogP) is 3.04. The summed E-state index contributed by atoms with van der Waals surface area (Å²) in [7, 11) is 0. The maximum absolute atomic E-state index is 14.4. The molecule has 1 saturated heterocycles. The van der Waals surface area contributed by atoms with E-state index in [-0.39, 0.29) is 17.8 Å². The van der Waals surface area contributed by atoms with Gasteiger partial charge < -0.3 is 15.5 Å². The molecule has 2 aromatic carbocycles. The molecular formula is C21H24FN3O. The highest BCUT2D eigenvalue weighted by Gasteiger charge is 2.21. The molecule has 0 radical (unpaired) electrons. The van der Waals surface area contributed by atoms with Gasteiger partial charge in [0.1, 0.15) is 5.82 Å². The fourth-order valence-corrected chi connectivity index (χ4v) is 3.93. The molecule has 0 saturated carbocycles. The largest absolute Gasteiger partial charge is 0.369 e. The van der Waals surface area contributed by atoms with Crippen LogP contribution in [-0.4, -0.2) is 32.1 Å². The van der Waals surface area contributed by atoms with E-state index in [1.807, 2.05) is 17.0 Å². The number of anilines is 1. The number of carbonyl (C=O) groups excluding carboxylic acids is 1. The van der Waals surface area contributed by atoms with E-state index in [0.717, 1.165) is 38.9 Å². The third kappa shape index (κ3) is 3.44. The Morgan fingerprint density at radius 1 is 1.19 bits per heavy atom. The number of hydrogen-bond donors (Lipinski definition) is 2. The van der Waals surface area contributed by atoms with Gasteiger partial charge in [0.05, 0.1) is 5.69 Å². The van der Waals surface area contributed by atoms with Crippen LogP contribution in [-0.2, 0) is 6.42 Å². The van der Waals surface area contributed by atoms with Crippen molar-refractivity contribution in [2.24, 2.45) is 0 Å². The molecule has 0 aromatic heterocycles. The maximum Gasteiger partial charge on any atom is 0.251 e. The van der Waals surface area contributed by atoms with E-state index in [1.165, 1.54) is 17.2 Å². The second kappa shape index (κ2) is 7.46. The van der Waals surface area contributed by atoms with Crippen LogP contribution in [0.2, 0.25) is 0 Å². The number of benzene rings is 2. The third-order valence-corrected chi connectivity index (χ3v) is 5.34. The first-order chi connectivity index (χ1) is 12.7. The van der Waals surface area contributed by atoms with Crippen molar-refractivity contribution < 1.29 is 9.18 Å². The van der Waals surface area contributed by atoms with E-state index in [2.05, 4.69) is 22.8 Å². The fourth-order valence-electron chi connectivity index (χ4n) is 3.93. The van der Waals surface area contributed by atoms with Gasteiger partial charge in [0.15, 0.2) is 0 Å². The highest BCUT2D eigenvalue weighted by Crippen LogP contribution is 2.25. The monoisotopic (exact) mass is 353 g/mol. The summed E-state index contributed by atoms with van der Waals surface area (Å²) in [6, 6.07) is 13.2. The first-order valence-electron chi connectivity index (χ1n) is 9.36. The van der Waals surface area contributed by atoms with Crippen LogP contribution in [0.15, 0.2) is 42.5 Å². The summed E-state index contributed by atoms with van der Waals surface area (Å²) in [5.41, 5.74) is 3.53. The van der Waals surface area contributed by atoms with Crippen molar-refractivity contribution in [2.45, 2.75) is 25.3 Å². The molecule has 136 valence electrons. The molecule has 2 aliphatic rings. The second-order valence-corrected chi connectivity index (χ2v) is 7.03. The molecule has 5 heteroatoms. The fraction of sp³-hybridized carbons (Fsp3) is 0.381. The van der Waals surface area contributed by atoms with E-state index in [4.69, 9.17) is 0 Å². The van der Waals surface area contributed by atoms with Crippen LogP contribution in [0.25, 0.3) is 0 Å². The van der Waals surface area contributed by atoms with Gasteiger partial charge in [-0.2, -0.15) is 0 Å². The average molecular weight is 353 g/mol. The molecule has 4 rings (SSSR count). The van der Waals surface area contributed by atoms with Crippen LogP contribution in [0.1, 0.15) is 40.4 Å². The smallest absolute Gasteiger partial charge is 0.251 e. The van der Waals surface area contributed by atoms with Crippen LogP contribution in [0.3, 0.4) is 0 Å². The number of carbonyl (C=O) groups is 1. The molecule has 2 aromatic rings. The summed E-state index contributed by atoms with van der Waals surface area (Å²) in [5, 5.41) is 6.39. The van der Waals surface area contributed by atoms with Gasteiger partial charge in [-0.1, -0.05) is 24.3 Å². The Labute approximate surface area is 153 Å². The average Bonchev–Trinajstić information content (AvgIpc) is 3.20. The number of hydrogen-bond acceptors (Lipinski definition) is 3. The minimum Gasteiger partial charge on any atom is -0.369 e. The zero-order chi connectivity index (χ0) is 17.9. The molecule has 2 heterocycles. The summed E-state index contributed by atoms with van der Waals surface area (Å²) < 4.78 is 14.4. The van der Waals surface area contributed by atoms with Crippen molar-refractivity contribution in [3.05, 3.63) is 65.0 Å². The van der Waals surface area contributed by atoms with Gasteiger partial charge in [-0.15, -0.1) is 0 Å². The zero-order valence-corrected chi connectivity index (χ0v) is 14.8. The quantitative estimate of drug-likeness (QED) is 0.888. The van der Waals surface area contributed by atoms with Gasteiger partial charge in [0, 0.05) is 31.2 Å². The molecule has 2 N–H and O–H groups in total. The molecular weight excluding hydrogens is 329 g/mol. The van der Waals surface area contributed by atoms with Gasteiger partial charge >= 0.3 is 0 Å². The summed E-state index contributed by atoms with van der Waals surface area (Å²) >= 11 is 0. The Morgan fingerprint density at radius 2 is 2.00 bits per heavy atom. The van der Waals surface area contributed by atoms with Gasteiger partial charge in [-0.25, -0.2) is 4.39 Å².